The molecule has 18 heavy (non-hydrogen) atoms. The molecule has 3 heteroatoms. The van der Waals surface area contributed by atoms with Gasteiger partial charge >= 0.3 is 0 Å². The van der Waals surface area contributed by atoms with Gasteiger partial charge in [0.05, 0.1) is 0 Å². The van der Waals surface area contributed by atoms with Crippen molar-refractivity contribution in [3.8, 4) is 0 Å². The maximum atomic E-state index is 6.35. The van der Waals surface area contributed by atoms with Gasteiger partial charge in [0.2, 0.25) is 0 Å². The Morgan fingerprint density at radius 1 is 1.33 bits per heavy atom. The van der Waals surface area contributed by atoms with Crippen LogP contribution in [0.3, 0.4) is 0 Å². The molecule has 100 valence electrons. The second kappa shape index (κ2) is 5.40. The van der Waals surface area contributed by atoms with Crippen LogP contribution >= 0.6 is 23.2 Å². The third kappa shape index (κ3) is 2.68. The van der Waals surface area contributed by atoms with E-state index in [0.717, 1.165) is 5.02 Å². The van der Waals surface area contributed by atoms with Gasteiger partial charge in [-0.2, -0.15) is 0 Å². The summed E-state index contributed by atoms with van der Waals surface area (Å²) in [5, 5.41) is 4.92. The second-order valence-corrected chi connectivity index (χ2v) is 6.76. The van der Waals surface area contributed by atoms with Gasteiger partial charge in [-0.05, 0) is 48.9 Å². The van der Waals surface area contributed by atoms with Crippen LogP contribution in [0.1, 0.15) is 44.7 Å². The molecule has 0 saturated heterocycles. The van der Waals surface area contributed by atoms with Crippen LogP contribution in [0, 0.1) is 11.3 Å². The first-order valence-corrected chi connectivity index (χ1v) is 7.33. The highest BCUT2D eigenvalue weighted by Gasteiger charge is 2.40. The summed E-state index contributed by atoms with van der Waals surface area (Å²) in [6, 6.07) is 6.13. The lowest BCUT2D eigenvalue weighted by Gasteiger charge is -2.34. The van der Waals surface area contributed by atoms with Crippen molar-refractivity contribution in [3.05, 3.63) is 33.8 Å². The van der Waals surface area contributed by atoms with Crippen molar-refractivity contribution in [2.45, 2.75) is 39.2 Å². The summed E-state index contributed by atoms with van der Waals surface area (Å²) in [5.74, 6) is 0.626. The molecule has 1 nitrogen and oxygen atoms in total. The van der Waals surface area contributed by atoms with E-state index < -0.39 is 0 Å². The zero-order chi connectivity index (χ0) is 13.3. The monoisotopic (exact) mass is 285 g/mol. The van der Waals surface area contributed by atoms with Crippen LogP contribution in [0.5, 0.6) is 0 Å². The molecule has 1 aliphatic rings. The molecule has 2 unspecified atom stereocenters. The van der Waals surface area contributed by atoms with Gasteiger partial charge in [0, 0.05) is 16.1 Å². The lowest BCUT2D eigenvalue weighted by Crippen LogP contribution is -2.32. The van der Waals surface area contributed by atoms with Crippen molar-refractivity contribution in [2.24, 2.45) is 11.3 Å². The van der Waals surface area contributed by atoms with E-state index in [9.17, 15) is 0 Å². The standard InChI is InChI=1S/C15H21Cl2N/c1-15(2)8-4-5-12(15)14(18-3)11-7-6-10(16)9-13(11)17/h6-7,9,12,14,18H,4-5,8H2,1-3H3. The highest BCUT2D eigenvalue weighted by atomic mass is 35.5. The molecule has 0 heterocycles. The van der Waals surface area contributed by atoms with Crippen LogP contribution in [-0.4, -0.2) is 7.05 Å². The quantitative estimate of drug-likeness (QED) is 0.817. The minimum absolute atomic E-state index is 0.312. The predicted molar refractivity (Wildman–Crippen MR) is 79.4 cm³/mol. The van der Waals surface area contributed by atoms with Gasteiger partial charge in [0.15, 0.2) is 0 Å². The van der Waals surface area contributed by atoms with Crippen molar-refractivity contribution >= 4 is 23.2 Å². The van der Waals surface area contributed by atoms with Crippen LogP contribution in [-0.2, 0) is 0 Å². The van der Waals surface area contributed by atoms with Crippen LogP contribution in [0.25, 0.3) is 0 Å². The van der Waals surface area contributed by atoms with Gasteiger partial charge in [0.1, 0.15) is 0 Å². The average Bonchev–Trinajstić information content (AvgIpc) is 2.63. The smallest absolute Gasteiger partial charge is 0.0468 e. The van der Waals surface area contributed by atoms with E-state index >= 15 is 0 Å². The number of nitrogens with one attached hydrogen (secondary N) is 1. The Bertz CT molecular complexity index is 429. The van der Waals surface area contributed by atoms with Gasteiger partial charge in [-0.15, -0.1) is 0 Å². The zero-order valence-electron chi connectivity index (χ0n) is 11.3. The van der Waals surface area contributed by atoms with Crippen molar-refractivity contribution in [1.82, 2.24) is 5.32 Å². The third-order valence-electron chi connectivity index (χ3n) is 4.35. The summed E-state index contributed by atoms with van der Waals surface area (Å²) in [4.78, 5) is 0. The molecule has 2 rings (SSSR count). The zero-order valence-corrected chi connectivity index (χ0v) is 12.8. The molecule has 1 fully saturated rings. The molecule has 2 atom stereocenters. The molecule has 0 aliphatic heterocycles. The largest absolute Gasteiger partial charge is 0.313 e. The topological polar surface area (TPSA) is 12.0 Å². The molecular formula is C15H21Cl2N. The first-order chi connectivity index (χ1) is 8.45. The summed E-state index contributed by atoms with van der Waals surface area (Å²) < 4.78 is 0. The van der Waals surface area contributed by atoms with Gasteiger partial charge in [-0.25, -0.2) is 0 Å². The lowest BCUT2D eigenvalue weighted by atomic mass is 9.75. The van der Waals surface area contributed by atoms with E-state index in [1.54, 1.807) is 0 Å². The molecule has 0 radical (unpaired) electrons. The predicted octanol–water partition coefficient (Wildman–Crippen LogP) is 5.08. The number of halogens is 2. The number of rotatable bonds is 3. The highest BCUT2D eigenvalue weighted by molar-refractivity contribution is 6.35. The molecule has 0 aromatic heterocycles. The number of benzene rings is 1. The van der Waals surface area contributed by atoms with Crippen LogP contribution < -0.4 is 5.32 Å². The molecule has 1 aromatic rings. The van der Waals surface area contributed by atoms with Gasteiger partial charge in [-0.1, -0.05) is 49.5 Å². The van der Waals surface area contributed by atoms with Crippen LogP contribution in [0.4, 0.5) is 0 Å². The van der Waals surface area contributed by atoms with E-state index in [4.69, 9.17) is 23.2 Å². The Morgan fingerprint density at radius 2 is 2.06 bits per heavy atom. The highest BCUT2D eigenvalue weighted by Crippen LogP contribution is 2.49. The molecule has 1 aliphatic carbocycles. The Hall–Kier alpha value is -0.240. The van der Waals surface area contributed by atoms with Crippen molar-refractivity contribution < 1.29 is 0 Å². The first kappa shape index (κ1) is 14.2. The van der Waals surface area contributed by atoms with E-state index in [1.165, 1.54) is 24.8 Å². The van der Waals surface area contributed by atoms with E-state index in [1.807, 2.05) is 19.2 Å². The van der Waals surface area contributed by atoms with E-state index in [-0.39, 0.29) is 0 Å². The third-order valence-corrected chi connectivity index (χ3v) is 4.91. The van der Waals surface area contributed by atoms with Crippen LogP contribution in [0.15, 0.2) is 18.2 Å². The molecule has 1 aromatic carbocycles. The van der Waals surface area contributed by atoms with Crippen molar-refractivity contribution in [1.29, 1.82) is 0 Å². The van der Waals surface area contributed by atoms with Gasteiger partial charge < -0.3 is 5.32 Å². The second-order valence-electron chi connectivity index (χ2n) is 5.92. The first-order valence-electron chi connectivity index (χ1n) is 6.58. The Labute approximate surface area is 120 Å². The SMILES string of the molecule is CNC(c1ccc(Cl)cc1Cl)C1CCCC1(C)C. The fourth-order valence-electron chi connectivity index (χ4n) is 3.30. The summed E-state index contributed by atoms with van der Waals surface area (Å²) >= 11 is 12.3. The van der Waals surface area contributed by atoms with Crippen molar-refractivity contribution in [2.75, 3.05) is 7.05 Å². The summed E-state index contributed by atoms with van der Waals surface area (Å²) in [6.45, 7) is 4.72. The molecule has 0 spiro atoms. The van der Waals surface area contributed by atoms with E-state index in [2.05, 4.69) is 25.2 Å². The fourth-order valence-corrected chi connectivity index (χ4v) is 3.82. The normalized spacial score (nSPS) is 24.2. The molecule has 1 saturated carbocycles. The van der Waals surface area contributed by atoms with Crippen LogP contribution in [0.2, 0.25) is 10.0 Å². The molecular weight excluding hydrogens is 265 g/mol. The maximum absolute atomic E-state index is 6.35. The molecule has 0 bridgehead atoms. The minimum atomic E-state index is 0.312. The fraction of sp³-hybridized carbons (Fsp3) is 0.600. The lowest BCUT2D eigenvalue weighted by molar-refractivity contribution is 0.204. The van der Waals surface area contributed by atoms with Gasteiger partial charge in [0.25, 0.3) is 0 Å². The maximum Gasteiger partial charge on any atom is 0.0468 e. The molecule has 1 N–H and O–H groups in total. The Kier molecular flexibility index (Phi) is 4.25. The Balaban J connectivity index is 2.33. The van der Waals surface area contributed by atoms with Gasteiger partial charge in [-0.3, -0.25) is 0 Å². The average molecular weight is 286 g/mol. The minimum Gasteiger partial charge on any atom is -0.313 e. The van der Waals surface area contributed by atoms with Crippen molar-refractivity contribution in [3.63, 3.8) is 0 Å². The summed E-state index contributed by atoms with van der Waals surface area (Å²) in [6.07, 6.45) is 3.86. The summed E-state index contributed by atoms with van der Waals surface area (Å²) in [7, 11) is 2.02. The summed E-state index contributed by atoms with van der Waals surface area (Å²) in [5.41, 5.74) is 1.54. The number of hydrogen-bond acceptors (Lipinski definition) is 1. The van der Waals surface area contributed by atoms with E-state index in [0.29, 0.717) is 22.4 Å². The molecule has 0 amide bonds. The number of hydrogen-bond donors (Lipinski definition) is 1. The Morgan fingerprint density at radius 3 is 2.56 bits per heavy atom.